The van der Waals surface area contributed by atoms with Crippen LogP contribution in [0.5, 0.6) is 0 Å². The predicted octanol–water partition coefficient (Wildman–Crippen LogP) is 0.869. The molecule has 1 fully saturated rings. The van der Waals surface area contributed by atoms with Crippen molar-refractivity contribution in [3.63, 3.8) is 0 Å². The van der Waals surface area contributed by atoms with Crippen LogP contribution in [0, 0.1) is 0 Å². The summed E-state index contributed by atoms with van der Waals surface area (Å²) >= 11 is 3.29. The van der Waals surface area contributed by atoms with E-state index in [-0.39, 0.29) is 11.4 Å². The number of carbonyl (C=O) groups is 1. The van der Waals surface area contributed by atoms with E-state index >= 15 is 0 Å². The molecule has 1 aliphatic heterocycles. The summed E-state index contributed by atoms with van der Waals surface area (Å²) in [5, 5.41) is 6.10. The number of nitrogens with one attached hydrogen (secondary N) is 3. The summed E-state index contributed by atoms with van der Waals surface area (Å²) in [7, 11) is 0. The number of aromatic nitrogens is 1. The molecule has 3 N–H and O–H groups in total. The normalized spacial score (nSPS) is 18.7. The maximum absolute atomic E-state index is 11.7. The van der Waals surface area contributed by atoms with Crippen LogP contribution in [0.4, 0.5) is 0 Å². The highest BCUT2D eigenvalue weighted by Gasteiger charge is 2.33. The van der Waals surface area contributed by atoms with Gasteiger partial charge in [0.25, 0.3) is 5.91 Å². The van der Waals surface area contributed by atoms with Gasteiger partial charge < -0.3 is 15.6 Å². The number of hydrogen-bond donors (Lipinski definition) is 3. The summed E-state index contributed by atoms with van der Waals surface area (Å²) in [6, 6.07) is 1.77. The summed E-state index contributed by atoms with van der Waals surface area (Å²) < 4.78 is 0.888. The van der Waals surface area contributed by atoms with Crippen molar-refractivity contribution in [1.82, 2.24) is 15.6 Å². The lowest BCUT2D eigenvalue weighted by molar-refractivity contribution is 0.0867. The maximum Gasteiger partial charge on any atom is 0.268 e. The Morgan fingerprint density at radius 2 is 2.36 bits per heavy atom. The van der Waals surface area contributed by atoms with Crippen LogP contribution in [0.2, 0.25) is 0 Å². The van der Waals surface area contributed by atoms with Crippen molar-refractivity contribution < 1.29 is 4.79 Å². The van der Waals surface area contributed by atoms with E-state index in [1.54, 1.807) is 12.3 Å². The van der Waals surface area contributed by atoms with Gasteiger partial charge in [-0.05, 0) is 28.9 Å². The highest BCUT2D eigenvalue weighted by atomic mass is 79.9. The molecule has 5 heteroatoms. The van der Waals surface area contributed by atoms with Gasteiger partial charge in [-0.1, -0.05) is 0 Å². The third-order valence-electron chi connectivity index (χ3n) is 2.34. The molecule has 0 bridgehead atoms. The van der Waals surface area contributed by atoms with E-state index in [0.717, 1.165) is 17.6 Å². The molecule has 0 saturated carbocycles. The van der Waals surface area contributed by atoms with Crippen LogP contribution in [0.3, 0.4) is 0 Å². The molecule has 0 aliphatic carbocycles. The van der Waals surface area contributed by atoms with Gasteiger partial charge in [0.05, 0.1) is 5.54 Å². The van der Waals surface area contributed by atoms with Crippen LogP contribution in [0.25, 0.3) is 0 Å². The molecule has 1 aromatic heterocycles. The van der Waals surface area contributed by atoms with E-state index in [9.17, 15) is 4.79 Å². The smallest absolute Gasteiger partial charge is 0.268 e. The molecule has 1 aliphatic rings. The fraction of sp³-hybridized carbons (Fsp3) is 0.444. The minimum Gasteiger partial charge on any atom is -0.356 e. The monoisotopic (exact) mass is 257 g/mol. The number of halogens is 1. The van der Waals surface area contributed by atoms with Crippen molar-refractivity contribution in [2.45, 2.75) is 12.5 Å². The summed E-state index contributed by atoms with van der Waals surface area (Å²) in [4.78, 5) is 14.6. The molecule has 0 spiro atoms. The zero-order valence-electron chi connectivity index (χ0n) is 7.86. The molecule has 2 rings (SSSR count). The lowest BCUT2D eigenvalue weighted by Crippen LogP contribution is -2.67. The summed E-state index contributed by atoms with van der Waals surface area (Å²) in [6.45, 7) is 3.70. The van der Waals surface area contributed by atoms with Crippen LogP contribution in [-0.2, 0) is 0 Å². The van der Waals surface area contributed by atoms with Crippen molar-refractivity contribution in [1.29, 1.82) is 0 Å². The Kier molecular flexibility index (Phi) is 2.36. The lowest BCUT2D eigenvalue weighted by Gasteiger charge is -2.39. The first-order valence-corrected chi connectivity index (χ1v) is 5.26. The highest BCUT2D eigenvalue weighted by molar-refractivity contribution is 9.10. The quantitative estimate of drug-likeness (QED) is 0.737. The van der Waals surface area contributed by atoms with Crippen LogP contribution in [0.15, 0.2) is 16.7 Å². The Labute approximate surface area is 90.6 Å². The van der Waals surface area contributed by atoms with Crippen LogP contribution in [0.1, 0.15) is 17.4 Å². The van der Waals surface area contributed by atoms with Gasteiger partial charge >= 0.3 is 0 Å². The molecule has 0 aromatic carbocycles. The van der Waals surface area contributed by atoms with Crippen molar-refractivity contribution in [2.24, 2.45) is 0 Å². The number of carbonyl (C=O) groups excluding carboxylic acids is 1. The second-order valence-electron chi connectivity index (χ2n) is 3.85. The second-order valence-corrected chi connectivity index (χ2v) is 4.77. The zero-order chi connectivity index (χ0) is 10.2. The molecule has 1 aromatic rings. The molecule has 4 nitrogen and oxygen atoms in total. The molecule has 2 heterocycles. The van der Waals surface area contributed by atoms with Gasteiger partial charge in [0.1, 0.15) is 5.69 Å². The van der Waals surface area contributed by atoms with Gasteiger partial charge in [0.2, 0.25) is 0 Å². The Balaban J connectivity index is 2.02. The van der Waals surface area contributed by atoms with Crippen LogP contribution < -0.4 is 10.6 Å². The van der Waals surface area contributed by atoms with Crippen molar-refractivity contribution in [3.8, 4) is 0 Å². The molecular weight excluding hydrogens is 246 g/mol. The number of rotatable bonds is 2. The number of amides is 1. The molecule has 1 amide bonds. The summed E-state index contributed by atoms with van der Waals surface area (Å²) in [6.07, 6.45) is 1.75. The van der Waals surface area contributed by atoms with Crippen molar-refractivity contribution >= 4 is 21.8 Å². The van der Waals surface area contributed by atoms with Crippen molar-refractivity contribution in [2.75, 3.05) is 13.1 Å². The minimum atomic E-state index is -0.0886. The van der Waals surface area contributed by atoms with Gasteiger partial charge in [-0.2, -0.15) is 0 Å². The molecular formula is C9H12BrN3O. The topological polar surface area (TPSA) is 56.9 Å². The second kappa shape index (κ2) is 3.40. The van der Waals surface area contributed by atoms with Crippen LogP contribution in [-0.4, -0.2) is 29.5 Å². The van der Waals surface area contributed by atoms with E-state index in [1.165, 1.54) is 0 Å². The largest absolute Gasteiger partial charge is 0.356 e. The van der Waals surface area contributed by atoms with Crippen LogP contribution >= 0.6 is 15.9 Å². The standard InChI is InChI=1S/C9H12BrN3O/c1-9(4-11-5-9)13-8(14)7-2-6(10)3-12-7/h2-3,11-12H,4-5H2,1H3,(H,13,14). The van der Waals surface area contributed by atoms with Gasteiger partial charge in [-0.3, -0.25) is 4.79 Å². The first-order valence-electron chi connectivity index (χ1n) is 4.46. The fourth-order valence-corrected chi connectivity index (χ4v) is 1.77. The Morgan fingerprint density at radius 3 is 2.79 bits per heavy atom. The zero-order valence-corrected chi connectivity index (χ0v) is 9.44. The fourth-order valence-electron chi connectivity index (χ4n) is 1.43. The van der Waals surface area contributed by atoms with Gasteiger partial charge in [0.15, 0.2) is 0 Å². The first kappa shape index (κ1) is 9.73. The highest BCUT2D eigenvalue weighted by Crippen LogP contribution is 2.13. The van der Waals surface area contributed by atoms with E-state index in [4.69, 9.17) is 0 Å². The van der Waals surface area contributed by atoms with Gasteiger partial charge in [0, 0.05) is 23.8 Å². The molecule has 1 saturated heterocycles. The van der Waals surface area contributed by atoms with E-state index < -0.39 is 0 Å². The molecule has 76 valence electrons. The van der Waals surface area contributed by atoms with E-state index in [1.807, 2.05) is 6.92 Å². The SMILES string of the molecule is CC1(NC(=O)c2cc(Br)c[nH]2)CNC1. The van der Waals surface area contributed by atoms with E-state index in [2.05, 4.69) is 31.5 Å². The number of hydrogen-bond acceptors (Lipinski definition) is 2. The Hall–Kier alpha value is -0.810. The molecule has 0 radical (unpaired) electrons. The van der Waals surface area contributed by atoms with Crippen molar-refractivity contribution in [3.05, 3.63) is 22.4 Å². The Morgan fingerprint density at radius 1 is 1.64 bits per heavy atom. The Bertz CT molecular complexity index is 357. The molecule has 0 unspecified atom stereocenters. The average Bonchev–Trinajstić information content (AvgIpc) is 2.49. The number of H-pyrrole nitrogens is 1. The van der Waals surface area contributed by atoms with Gasteiger partial charge in [-0.25, -0.2) is 0 Å². The molecule has 0 atom stereocenters. The third kappa shape index (κ3) is 1.83. The third-order valence-corrected chi connectivity index (χ3v) is 2.80. The number of aromatic amines is 1. The minimum absolute atomic E-state index is 0.0558. The summed E-state index contributed by atoms with van der Waals surface area (Å²) in [5.41, 5.74) is 0.499. The lowest BCUT2D eigenvalue weighted by atomic mass is 9.95. The average molecular weight is 258 g/mol. The summed E-state index contributed by atoms with van der Waals surface area (Å²) in [5.74, 6) is -0.0558. The molecule has 14 heavy (non-hydrogen) atoms. The van der Waals surface area contributed by atoms with Gasteiger partial charge in [-0.15, -0.1) is 0 Å². The first-order chi connectivity index (χ1) is 6.59. The predicted molar refractivity (Wildman–Crippen MR) is 57.2 cm³/mol. The van der Waals surface area contributed by atoms with E-state index in [0.29, 0.717) is 5.69 Å². The maximum atomic E-state index is 11.7.